The van der Waals surface area contributed by atoms with Gasteiger partial charge in [0.05, 0.1) is 4.92 Å². The summed E-state index contributed by atoms with van der Waals surface area (Å²) in [6, 6.07) is 2.90. The summed E-state index contributed by atoms with van der Waals surface area (Å²) in [6.45, 7) is 0. The molecule has 1 fully saturated rings. The summed E-state index contributed by atoms with van der Waals surface area (Å²) in [4.78, 5) is 14.5. The van der Waals surface area contributed by atoms with E-state index in [0.717, 1.165) is 5.75 Å². The van der Waals surface area contributed by atoms with Crippen LogP contribution < -0.4 is 5.73 Å². The van der Waals surface area contributed by atoms with E-state index >= 15 is 0 Å². The topological polar surface area (TPSA) is 82.0 Å². The maximum Gasteiger partial charge on any atom is 0.301 e. The second-order valence-corrected chi connectivity index (χ2v) is 5.29. The molecule has 1 heterocycles. The molecule has 92 valence electrons. The lowest BCUT2D eigenvalue weighted by atomic mass is 10.1. The van der Waals surface area contributed by atoms with Gasteiger partial charge in [-0.05, 0) is 24.8 Å². The van der Waals surface area contributed by atoms with Crippen molar-refractivity contribution in [2.45, 2.75) is 30.7 Å². The van der Waals surface area contributed by atoms with Gasteiger partial charge in [0.25, 0.3) is 0 Å². The molecule has 1 aliphatic carbocycles. The van der Waals surface area contributed by atoms with E-state index in [4.69, 9.17) is 5.73 Å². The predicted molar refractivity (Wildman–Crippen MR) is 68.0 cm³/mol. The van der Waals surface area contributed by atoms with Gasteiger partial charge >= 0.3 is 5.69 Å². The molecule has 2 N–H and O–H groups in total. The normalized spacial score (nSPS) is 16.2. The van der Waals surface area contributed by atoms with Crippen LogP contribution in [0.4, 0.5) is 11.5 Å². The second kappa shape index (κ2) is 5.35. The molecule has 6 heteroatoms. The van der Waals surface area contributed by atoms with Gasteiger partial charge in [0.1, 0.15) is 5.82 Å². The highest BCUT2D eigenvalue weighted by molar-refractivity contribution is 7.99. The van der Waals surface area contributed by atoms with Gasteiger partial charge in [-0.3, -0.25) is 10.1 Å². The van der Waals surface area contributed by atoms with Crippen molar-refractivity contribution < 1.29 is 4.92 Å². The molecule has 17 heavy (non-hydrogen) atoms. The zero-order chi connectivity index (χ0) is 12.3. The molecule has 1 aromatic rings. The van der Waals surface area contributed by atoms with E-state index in [-0.39, 0.29) is 5.69 Å². The third-order valence-corrected chi connectivity index (χ3v) is 4.20. The van der Waals surface area contributed by atoms with Crippen LogP contribution >= 0.6 is 11.8 Å². The molecule has 1 aromatic heterocycles. The van der Waals surface area contributed by atoms with Crippen molar-refractivity contribution >= 4 is 23.3 Å². The van der Waals surface area contributed by atoms with Crippen LogP contribution in [0.15, 0.2) is 17.2 Å². The van der Waals surface area contributed by atoms with E-state index in [1.165, 1.54) is 49.6 Å². The highest BCUT2D eigenvalue weighted by Gasteiger charge is 2.20. The van der Waals surface area contributed by atoms with E-state index in [1.807, 2.05) is 0 Å². The maximum atomic E-state index is 10.8. The third-order valence-electron chi connectivity index (χ3n) is 2.99. The fourth-order valence-corrected chi connectivity index (χ4v) is 3.25. The van der Waals surface area contributed by atoms with Crippen LogP contribution in [0, 0.1) is 16.0 Å². The van der Waals surface area contributed by atoms with Gasteiger partial charge < -0.3 is 5.73 Å². The third kappa shape index (κ3) is 3.09. The SMILES string of the molecule is Nc1ccc([N+](=O)[O-])c(SCC2CCCC2)n1. The number of anilines is 1. The molecule has 0 atom stereocenters. The molecular formula is C11H15N3O2S. The molecule has 0 saturated heterocycles. The Balaban J connectivity index is 2.07. The molecule has 0 spiro atoms. The Morgan fingerprint density at radius 3 is 2.82 bits per heavy atom. The fraction of sp³-hybridized carbons (Fsp3) is 0.545. The van der Waals surface area contributed by atoms with Crippen LogP contribution in [0.2, 0.25) is 0 Å². The first kappa shape index (κ1) is 12.2. The Labute approximate surface area is 104 Å². The van der Waals surface area contributed by atoms with Gasteiger partial charge in [-0.1, -0.05) is 24.6 Å². The number of rotatable bonds is 4. The number of thioether (sulfide) groups is 1. The average Bonchev–Trinajstić information content (AvgIpc) is 2.78. The van der Waals surface area contributed by atoms with E-state index in [0.29, 0.717) is 16.8 Å². The lowest BCUT2D eigenvalue weighted by Gasteiger charge is -2.08. The highest BCUT2D eigenvalue weighted by Crippen LogP contribution is 2.34. The summed E-state index contributed by atoms with van der Waals surface area (Å²) in [5.74, 6) is 1.91. The minimum absolute atomic E-state index is 0.0576. The van der Waals surface area contributed by atoms with Crippen molar-refractivity contribution in [1.29, 1.82) is 0 Å². The van der Waals surface area contributed by atoms with Crippen LogP contribution in [0.1, 0.15) is 25.7 Å². The van der Waals surface area contributed by atoms with Crippen LogP contribution in [0.3, 0.4) is 0 Å². The number of nitrogen functional groups attached to an aromatic ring is 1. The molecule has 5 nitrogen and oxygen atoms in total. The number of pyridine rings is 1. The van der Waals surface area contributed by atoms with Gasteiger partial charge in [-0.2, -0.15) is 0 Å². The summed E-state index contributed by atoms with van der Waals surface area (Å²) >= 11 is 1.45. The smallest absolute Gasteiger partial charge is 0.301 e. The first-order chi connectivity index (χ1) is 8.16. The zero-order valence-electron chi connectivity index (χ0n) is 9.46. The first-order valence-electron chi connectivity index (χ1n) is 5.70. The summed E-state index contributed by atoms with van der Waals surface area (Å²) in [5.41, 5.74) is 5.62. The van der Waals surface area contributed by atoms with E-state index in [2.05, 4.69) is 4.98 Å². The van der Waals surface area contributed by atoms with Crippen LogP contribution in [-0.4, -0.2) is 15.7 Å². The Morgan fingerprint density at radius 2 is 2.18 bits per heavy atom. The Bertz CT molecular complexity index is 419. The van der Waals surface area contributed by atoms with Gasteiger partial charge in [0.2, 0.25) is 0 Å². The van der Waals surface area contributed by atoms with Crippen molar-refractivity contribution in [2.24, 2.45) is 5.92 Å². The molecule has 2 rings (SSSR count). The van der Waals surface area contributed by atoms with E-state index < -0.39 is 4.92 Å². The van der Waals surface area contributed by atoms with Crippen LogP contribution in [0.25, 0.3) is 0 Å². The van der Waals surface area contributed by atoms with Crippen molar-refractivity contribution in [3.05, 3.63) is 22.2 Å². The minimum atomic E-state index is -0.399. The summed E-state index contributed by atoms with van der Waals surface area (Å²) in [7, 11) is 0. The molecule has 1 saturated carbocycles. The number of aromatic nitrogens is 1. The van der Waals surface area contributed by atoms with Crippen LogP contribution in [-0.2, 0) is 0 Å². The Kier molecular flexibility index (Phi) is 3.83. The maximum absolute atomic E-state index is 10.8. The van der Waals surface area contributed by atoms with Crippen molar-refractivity contribution in [2.75, 3.05) is 11.5 Å². The van der Waals surface area contributed by atoms with E-state index in [9.17, 15) is 10.1 Å². The van der Waals surface area contributed by atoms with Crippen molar-refractivity contribution in [3.8, 4) is 0 Å². The van der Waals surface area contributed by atoms with Gasteiger partial charge in [-0.15, -0.1) is 0 Å². The highest BCUT2D eigenvalue weighted by atomic mass is 32.2. The van der Waals surface area contributed by atoms with Gasteiger partial charge in [-0.25, -0.2) is 4.98 Å². The first-order valence-corrected chi connectivity index (χ1v) is 6.69. The molecule has 0 amide bonds. The van der Waals surface area contributed by atoms with Crippen molar-refractivity contribution in [3.63, 3.8) is 0 Å². The van der Waals surface area contributed by atoms with Crippen LogP contribution in [0.5, 0.6) is 0 Å². The lowest BCUT2D eigenvalue weighted by Crippen LogP contribution is -2.01. The Hall–Kier alpha value is -1.30. The number of nitrogens with zero attached hydrogens (tertiary/aromatic N) is 2. The number of nitro groups is 1. The van der Waals surface area contributed by atoms with Crippen molar-refractivity contribution in [1.82, 2.24) is 4.98 Å². The quantitative estimate of drug-likeness (QED) is 0.507. The second-order valence-electron chi connectivity index (χ2n) is 4.28. The summed E-state index contributed by atoms with van der Waals surface area (Å²) in [5, 5.41) is 11.3. The predicted octanol–water partition coefficient (Wildman–Crippen LogP) is 2.85. The van der Waals surface area contributed by atoms with Gasteiger partial charge in [0.15, 0.2) is 5.03 Å². The van der Waals surface area contributed by atoms with E-state index in [1.54, 1.807) is 0 Å². The average molecular weight is 253 g/mol. The monoisotopic (exact) mass is 253 g/mol. The molecule has 0 aliphatic heterocycles. The molecule has 0 aromatic carbocycles. The molecule has 0 radical (unpaired) electrons. The fourth-order valence-electron chi connectivity index (χ4n) is 2.07. The number of hydrogen-bond donors (Lipinski definition) is 1. The largest absolute Gasteiger partial charge is 0.384 e. The van der Waals surface area contributed by atoms with Gasteiger partial charge in [0, 0.05) is 11.8 Å². The molecule has 1 aliphatic rings. The number of hydrogen-bond acceptors (Lipinski definition) is 5. The molecule has 0 unspecified atom stereocenters. The molecule has 0 bridgehead atoms. The summed E-state index contributed by atoms with van der Waals surface area (Å²) < 4.78 is 0. The molecular weight excluding hydrogens is 238 g/mol. The standard InChI is InChI=1S/C11H15N3O2S/c12-10-6-5-9(14(15)16)11(13-10)17-7-8-3-1-2-4-8/h5-6,8H,1-4,7H2,(H2,12,13). The summed E-state index contributed by atoms with van der Waals surface area (Å²) in [6.07, 6.45) is 5.00. The zero-order valence-corrected chi connectivity index (χ0v) is 10.3. The number of nitrogens with two attached hydrogens (primary N) is 1. The Morgan fingerprint density at radius 1 is 1.47 bits per heavy atom. The lowest BCUT2D eigenvalue weighted by molar-refractivity contribution is -0.388. The minimum Gasteiger partial charge on any atom is -0.384 e.